The van der Waals surface area contributed by atoms with Crippen LogP contribution in [0, 0.1) is 0 Å². The normalized spacial score (nSPS) is 10.2. The lowest BCUT2D eigenvalue weighted by molar-refractivity contribution is 0.112. The summed E-state index contributed by atoms with van der Waals surface area (Å²) in [6.07, 6.45) is 0.602. The van der Waals surface area contributed by atoms with Gasteiger partial charge in [0.15, 0.2) is 17.8 Å². The first-order valence-corrected chi connectivity index (χ1v) is 5.41. The Kier molecular flexibility index (Phi) is 3.53. The number of nitrogens with zero attached hydrogens (tertiary/aromatic N) is 1. The molecule has 2 aromatic rings. The fourth-order valence-electron chi connectivity index (χ4n) is 1.57. The molecule has 1 aromatic heterocycles. The predicted octanol–water partition coefficient (Wildman–Crippen LogP) is 2.82. The molecule has 6 heteroatoms. The molecule has 18 heavy (non-hydrogen) atoms. The van der Waals surface area contributed by atoms with Gasteiger partial charge in [0.25, 0.3) is 0 Å². The monoisotopic (exact) mass is 267 g/mol. The van der Waals surface area contributed by atoms with Crippen LogP contribution in [0.4, 0.5) is 0 Å². The molecule has 0 aliphatic heterocycles. The van der Waals surface area contributed by atoms with Crippen molar-refractivity contribution in [1.82, 2.24) is 5.16 Å². The van der Waals surface area contributed by atoms with Crippen molar-refractivity contribution in [1.29, 1.82) is 0 Å². The zero-order chi connectivity index (χ0) is 13.1. The number of halogens is 1. The number of hydrogen-bond donors (Lipinski definition) is 0. The van der Waals surface area contributed by atoms with E-state index in [2.05, 4.69) is 5.16 Å². The van der Waals surface area contributed by atoms with Crippen LogP contribution in [0.3, 0.4) is 0 Å². The fraction of sp³-hybridized carbons (Fsp3) is 0.167. The van der Waals surface area contributed by atoms with E-state index in [0.717, 1.165) is 0 Å². The van der Waals surface area contributed by atoms with Crippen LogP contribution in [0.5, 0.6) is 11.5 Å². The summed E-state index contributed by atoms with van der Waals surface area (Å²) in [4.78, 5) is 10.9. The van der Waals surface area contributed by atoms with E-state index >= 15 is 0 Å². The van der Waals surface area contributed by atoms with Gasteiger partial charge in [-0.25, -0.2) is 0 Å². The summed E-state index contributed by atoms with van der Waals surface area (Å²) in [5.74, 6) is 1.12. The molecular weight excluding hydrogens is 258 g/mol. The highest BCUT2D eigenvalue weighted by atomic mass is 35.5. The number of benzene rings is 1. The van der Waals surface area contributed by atoms with Crippen molar-refractivity contribution in [2.45, 2.75) is 0 Å². The molecule has 0 fully saturated rings. The maximum atomic E-state index is 10.9. The van der Waals surface area contributed by atoms with Gasteiger partial charge < -0.3 is 14.0 Å². The largest absolute Gasteiger partial charge is 0.493 e. The Bertz CT molecular complexity index is 579. The van der Waals surface area contributed by atoms with Gasteiger partial charge in [-0.2, -0.15) is 0 Å². The lowest BCUT2D eigenvalue weighted by Crippen LogP contribution is -1.92. The second-order valence-corrected chi connectivity index (χ2v) is 3.75. The molecule has 0 spiro atoms. The third-order valence-corrected chi connectivity index (χ3v) is 2.73. The molecule has 0 aliphatic rings. The minimum Gasteiger partial charge on any atom is -0.493 e. The molecule has 0 saturated carbocycles. The van der Waals surface area contributed by atoms with Crippen molar-refractivity contribution >= 4 is 17.9 Å². The van der Waals surface area contributed by atoms with Crippen LogP contribution >= 0.6 is 11.6 Å². The van der Waals surface area contributed by atoms with Gasteiger partial charge in [-0.05, 0) is 29.8 Å². The highest BCUT2D eigenvalue weighted by Crippen LogP contribution is 2.34. The van der Waals surface area contributed by atoms with Gasteiger partial charge in [0.1, 0.15) is 11.3 Å². The molecule has 0 unspecified atom stereocenters. The van der Waals surface area contributed by atoms with E-state index in [1.54, 1.807) is 25.3 Å². The lowest BCUT2D eigenvalue weighted by Gasteiger charge is -2.08. The quantitative estimate of drug-likeness (QED) is 0.797. The molecule has 0 radical (unpaired) electrons. The van der Waals surface area contributed by atoms with Gasteiger partial charge in [0.05, 0.1) is 14.2 Å². The smallest absolute Gasteiger partial charge is 0.237 e. The predicted molar refractivity (Wildman–Crippen MR) is 65.4 cm³/mol. The Morgan fingerprint density at radius 3 is 2.61 bits per heavy atom. The molecule has 0 saturated heterocycles. The van der Waals surface area contributed by atoms with Gasteiger partial charge >= 0.3 is 0 Å². The number of aldehydes is 1. The third-order valence-electron chi connectivity index (χ3n) is 2.46. The molecule has 94 valence electrons. The lowest BCUT2D eigenvalue weighted by atomic mass is 10.1. The zero-order valence-electron chi connectivity index (χ0n) is 9.77. The SMILES string of the molecule is COc1ccc(-c2noc(Cl)c2C=O)cc1OC. The molecule has 1 aromatic carbocycles. The topological polar surface area (TPSA) is 61.6 Å². The minimum atomic E-state index is -0.0326. The van der Waals surface area contributed by atoms with Crippen molar-refractivity contribution in [2.75, 3.05) is 14.2 Å². The van der Waals surface area contributed by atoms with Crippen molar-refractivity contribution in [3.05, 3.63) is 29.0 Å². The Balaban J connectivity index is 2.54. The van der Waals surface area contributed by atoms with Crippen molar-refractivity contribution in [2.24, 2.45) is 0 Å². The second kappa shape index (κ2) is 5.10. The Hall–Kier alpha value is -2.01. The maximum Gasteiger partial charge on any atom is 0.237 e. The van der Waals surface area contributed by atoms with Crippen LogP contribution in [0.1, 0.15) is 10.4 Å². The van der Waals surface area contributed by atoms with Crippen LogP contribution < -0.4 is 9.47 Å². The number of ether oxygens (including phenoxy) is 2. The van der Waals surface area contributed by atoms with Crippen LogP contribution in [-0.2, 0) is 0 Å². The summed E-state index contributed by atoms with van der Waals surface area (Å²) in [7, 11) is 3.07. The molecular formula is C12H10ClNO4. The summed E-state index contributed by atoms with van der Waals surface area (Å²) in [6, 6.07) is 5.15. The summed E-state index contributed by atoms with van der Waals surface area (Å²) >= 11 is 5.71. The first-order chi connectivity index (χ1) is 8.71. The molecule has 0 aliphatic carbocycles. The van der Waals surface area contributed by atoms with Crippen LogP contribution in [-0.4, -0.2) is 25.7 Å². The van der Waals surface area contributed by atoms with Gasteiger partial charge in [-0.1, -0.05) is 5.16 Å². The van der Waals surface area contributed by atoms with E-state index in [0.29, 0.717) is 29.0 Å². The van der Waals surface area contributed by atoms with E-state index in [9.17, 15) is 4.79 Å². The minimum absolute atomic E-state index is 0.0326. The first kappa shape index (κ1) is 12.4. The third kappa shape index (κ3) is 2.04. The summed E-state index contributed by atoms with van der Waals surface area (Å²) in [5, 5.41) is 3.72. The Morgan fingerprint density at radius 2 is 2.00 bits per heavy atom. The van der Waals surface area contributed by atoms with Crippen molar-refractivity contribution in [3.8, 4) is 22.8 Å². The summed E-state index contributed by atoms with van der Waals surface area (Å²) in [5.41, 5.74) is 1.24. The second-order valence-electron chi connectivity index (χ2n) is 3.41. The van der Waals surface area contributed by atoms with Gasteiger partial charge in [0.2, 0.25) is 5.22 Å². The Labute approximate surface area is 108 Å². The average molecular weight is 268 g/mol. The van der Waals surface area contributed by atoms with Crippen LogP contribution in [0.2, 0.25) is 5.22 Å². The summed E-state index contributed by atoms with van der Waals surface area (Å²) in [6.45, 7) is 0. The zero-order valence-corrected chi connectivity index (χ0v) is 10.5. The maximum absolute atomic E-state index is 10.9. The highest BCUT2D eigenvalue weighted by Gasteiger charge is 2.17. The standard InChI is InChI=1S/C12H10ClNO4/c1-16-9-4-3-7(5-10(9)17-2)11-8(6-15)12(13)18-14-11/h3-6H,1-2H3. The van der Waals surface area contributed by atoms with Gasteiger partial charge in [-0.15, -0.1) is 0 Å². The average Bonchev–Trinajstić information content (AvgIpc) is 2.78. The Morgan fingerprint density at radius 1 is 1.28 bits per heavy atom. The number of hydrogen-bond acceptors (Lipinski definition) is 5. The number of methoxy groups -OCH3 is 2. The van der Waals surface area contributed by atoms with E-state index in [4.69, 9.17) is 25.6 Å². The number of carbonyl (C=O) groups excluding carboxylic acids is 1. The van der Waals surface area contributed by atoms with Gasteiger partial charge in [-0.3, -0.25) is 4.79 Å². The number of aromatic nitrogens is 1. The summed E-state index contributed by atoms with van der Waals surface area (Å²) < 4.78 is 15.1. The van der Waals surface area contributed by atoms with Crippen molar-refractivity contribution < 1.29 is 18.8 Å². The van der Waals surface area contributed by atoms with E-state index < -0.39 is 0 Å². The molecule has 2 rings (SSSR count). The molecule has 0 bridgehead atoms. The van der Waals surface area contributed by atoms with E-state index in [1.165, 1.54) is 7.11 Å². The van der Waals surface area contributed by atoms with Crippen LogP contribution in [0.15, 0.2) is 22.7 Å². The van der Waals surface area contributed by atoms with Gasteiger partial charge in [0, 0.05) is 5.56 Å². The first-order valence-electron chi connectivity index (χ1n) is 5.04. The van der Waals surface area contributed by atoms with E-state index in [1.807, 2.05) is 0 Å². The molecule has 0 N–H and O–H groups in total. The number of carbonyl (C=O) groups is 1. The molecule has 0 amide bonds. The molecule has 0 atom stereocenters. The van der Waals surface area contributed by atoms with Crippen molar-refractivity contribution in [3.63, 3.8) is 0 Å². The van der Waals surface area contributed by atoms with Crippen LogP contribution in [0.25, 0.3) is 11.3 Å². The molecule has 5 nitrogen and oxygen atoms in total. The van der Waals surface area contributed by atoms with E-state index in [-0.39, 0.29) is 10.8 Å². The molecule has 1 heterocycles. The highest BCUT2D eigenvalue weighted by molar-refractivity contribution is 6.31. The number of rotatable bonds is 4. The fourth-order valence-corrected chi connectivity index (χ4v) is 1.74.